The SMILES string of the molecule is C#CC(C)NC(=O)OC1CCC(Nc2cc(NC3CC3)c3ncc(C(=O)Nc4ccnc(Cl)c4)n3n2)CC1. The van der Waals surface area contributed by atoms with E-state index in [0.717, 1.165) is 44.2 Å². The number of hydrogen-bond acceptors (Lipinski definition) is 8. The molecule has 2 aliphatic rings. The highest BCUT2D eigenvalue weighted by molar-refractivity contribution is 6.29. The molecular weight excluding hydrogens is 508 g/mol. The largest absolute Gasteiger partial charge is 0.446 e. The number of nitrogens with zero attached hydrogens (tertiary/aromatic N) is 4. The molecular formula is C26H29ClN8O3. The average molecular weight is 537 g/mol. The Morgan fingerprint density at radius 2 is 1.87 bits per heavy atom. The number of terminal acetylenes is 1. The van der Waals surface area contributed by atoms with Crippen molar-refractivity contribution < 1.29 is 14.3 Å². The summed E-state index contributed by atoms with van der Waals surface area (Å²) in [5.74, 6) is 2.72. The molecule has 1 atom stereocenters. The van der Waals surface area contributed by atoms with Crippen molar-refractivity contribution >= 4 is 46.4 Å². The van der Waals surface area contributed by atoms with Gasteiger partial charge in [-0.05, 0) is 57.6 Å². The van der Waals surface area contributed by atoms with Crippen LogP contribution in [0.2, 0.25) is 5.15 Å². The number of hydrogen-bond donors (Lipinski definition) is 4. The second-order valence-corrected chi connectivity index (χ2v) is 10.0. The molecule has 4 N–H and O–H groups in total. The third-order valence-corrected chi connectivity index (χ3v) is 6.71. The Labute approximate surface area is 225 Å². The molecule has 0 aromatic carbocycles. The van der Waals surface area contributed by atoms with E-state index >= 15 is 0 Å². The van der Waals surface area contributed by atoms with Crippen LogP contribution in [0.4, 0.5) is 22.0 Å². The number of anilines is 3. The second kappa shape index (κ2) is 11.1. The first-order chi connectivity index (χ1) is 18.4. The summed E-state index contributed by atoms with van der Waals surface area (Å²) in [6.07, 6.45) is 12.9. The molecule has 0 spiro atoms. The maximum absolute atomic E-state index is 13.1. The summed E-state index contributed by atoms with van der Waals surface area (Å²) < 4.78 is 7.06. The highest BCUT2D eigenvalue weighted by atomic mass is 35.5. The second-order valence-electron chi connectivity index (χ2n) is 9.62. The number of amides is 2. The fourth-order valence-electron chi connectivity index (χ4n) is 4.36. The van der Waals surface area contributed by atoms with Gasteiger partial charge in [0, 0.05) is 30.0 Å². The van der Waals surface area contributed by atoms with Gasteiger partial charge in [-0.15, -0.1) is 11.5 Å². The van der Waals surface area contributed by atoms with Crippen LogP contribution in [-0.2, 0) is 4.74 Å². The van der Waals surface area contributed by atoms with Gasteiger partial charge in [-0.3, -0.25) is 4.79 Å². The molecule has 2 saturated carbocycles. The molecule has 0 aliphatic heterocycles. The fourth-order valence-corrected chi connectivity index (χ4v) is 4.53. The minimum absolute atomic E-state index is 0.140. The first kappa shape index (κ1) is 25.6. The van der Waals surface area contributed by atoms with Gasteiger partial charge in [-0.2, -0.15) is 0 Å². The summed E-state index contributed by atoms with van der Waals surface area (Å²) in [5.41, 5.74) is 2.20. The normalized spacial score (nSPS) is 19.7. The quantitative estimate of drug-likeness (QED) is 0.250. The molecule has 2 aliphatic carbocycles. The molecule has 5 rings (SSSR count). The van der Waals surface area contributed by atoms with Crippen LogP contribution in [-0.4, -0.2) is 55.8 Å². The smallest absolute Gasteiger partial charge is 0.408 e. The van der Waals surface area contributed by atoms with Gasteiger partial charge in [0.25, 0.3) is 5.91 Å². The van der Waals surface area contributed by atoms with E-state index in [0.29, 0.717) is 28.9 Å². The molecule has 2 fully saturated rings. The maximum Gasteiger partial charge on any atom is 0.408 e. The Hall–Kier alpha value is -4.04. The summed E-state index contributed by atoms with van der Waals surface area (Å²) in [4.78, 5) is 33.5. The highest BCUT2D eigenvalue weighted by Gasteiger charge is 2.27. The average Bonchev–Trinajstić information content (AvgIpc) is 3.60. The highest BCUT2D eigenvalue weighted by Crippen LogP contribution is 2.30. The van der Waals surface area contributed by atoms with Crippen LogP contribution in [0.1, 0.15) is 55.9 Å². The Morgan fingerprint density at radius 3 is 2.58 bits per heavy atom. The van der Waals surface area contributed by atoms with Crippen molar-refractivity contribution in [3.05, 3.63) is 41.4 Å². The molecule has 12 heteroatoms. The van der Waals surface area contributed by atoms with Crippen LogP contribution in [0.3, 0.4) is 0 Å². The van der Waals surface area contributed by atoms with Crippen LogP contribution in [0, 0.1) is 12.3 Å². The zero-order valence-corrected chi connectivity index (χ0v) is 21.7. The molecule has 198 valence electrons. The maximum atomic E-state index is 13.1. The fraction of sp³-hybridized carbons (Fsp3) is 0.423. The number of halogens is 1. The van der Waals surface area contributed by atoms with E-state index < -0.39 is 6.09 Å². The van der Waals surface area contributed by atoms with E-state index in [-0.39, 0.29) is 29.2 Å². The molecule has 3 heterocycles. The zero-order valence-electron chi connectivity index (χ0n) is 20.9. The zero-order chi connectivity index (χ0) is 26.6. The van der Waals surface area contributed by atoms with E-state index in [2.05, 4.69) is 37.2 Å². The molecule has 2 amide bonds. The van der Waals surface area contributed by atoms with E-state index in [1.165, 1.54) is 12.4 Å². The summed E-state index contributed by atoms with van der Waals surface area (Å²) in [7, 11) is 0. The van der Waals surface area contributed by atoms with Gasteiger partial charge in [0.1, 0.15) is 17.1 Å². The number of aromatic nitrogens is 4. The standard InChI is InChI=1S/C26H29ClN8O3/c1-3-15(2)30-26(37)38-19-8-6-17(7-9-19)32-23-13-20(31-16-4-5-16)24-29-14-21(35(24)34-23)25(36)33-18-10-11-28-22(27)12-18/h1,10-17,19,31H,4-9H2,2H3,(H,30,37)(H,32,34)(H,28,33,36). The Morgan fingerprint density at radius 1 is 1.13 bits per heavy atom. The van der Waals surface area contributed by atoms with Crippen molar-refractivity contribution in [1.82, 2.24) is 24.9 Å². The number of fused-ring (bicyclic) bond motifs is 1. The molecule has 38 heavy (non-hydrogen) atoms. The molecule has 3 aromatic rings. The van der Waals surface area contributed by atoms with Crippen LogP contribution < -0.4 is 21.3 Å². The van der Waals surface area contributed by atoms with E-state index in [1.807, 2.05) is 6.07 Å². The lowest BCUT2D eigenvalue weighted by atomic mass is 9.93. The van der Waals surface area contributed by atoms with E-state index in [9.17, 15) is 9.59 Å². The number of ether oxygens (including phenoxy) is 1. The third-order valence-electron chi connectivity index (χ3n) is 6.51. The van der Waals surface area contributed by atoms with Gasteiger partial charge in [0.05, 0.1) is 17.9 Å². The van der Waals surface area contributed by atoms with Crippen molar-refractivity contribution in [2.24, 2.45) is 0 Å². The van der Waals surface area contributed by atoms with Crippen molar-refractivity contribution in [3.63, 3.8) is 0 Å². The number of nitrogens with one attached hydrogen (secondary N) is 4. The predicted octanol–water partition coefficient (Wildman–Crippen LogP) is 4.08. The summed E-state index contributed by atoms with van der Waals surface area (Å²) in [5, 5.41) is 17.4. The number of alkyl carbamates (subject to hydrolysis) is 1. The number of imidazole rings is 1. The topological polar surface area (TPSA) is 135 Å². The van der Waals surface area contributed by atoms with Crippen molar-refractivity contribution in [3.8, 4) is 12.3 Å². The first-order valence-electron chi connectivity index (χ1n) is 12.7. The van der Waals surface area contributed by atoms with Gasteiger partial charge < -0.3 is 26.0 Å². The molecule has 0 saturated heterocycles. The third kappa shape index (κ3) is 6.26. The summed E-state index contributed by atoms with van der Waals surface area (Å²) in [6, 6.07) is 5.31. The molecule has 11 nitrogen and oxygen atoms in total. The van der Waals surface area contributed by atoms with E-state index in [1.54, 1.807) is 23.6 Å². The Kier molecular flexibility index (Phi) is 7.51. The summed E-state index contributed by atoms with van der Waals surface area (Å²) >= 11 is 5.95. The number of carbonyl (C=O) groups excluding carboxylic acids is 2. The van der Waals surface area contributed by atoms with Crippen LogP contribution in [0.25, 0.3) is 5.65 Å². The number of pyridine rings is 1. The van der Waals surface area contributed by atoms with Crippen LogP contribution >= 0.6 is 11.6 Å². The summed E-state index contributed by atoms with van der Waals surface area (Å²) in [6.45, 7) is 1.72. The van der Waals surface area contributed by atoms with Gasteiger partial charge in [0.15, 0.2) is 11.3 Å². The lowest BCUT2D eigenvalue weighted by Crippen LogP contribution is -2.37. The Bertz CT molecular complexity index is 1370. The van der Waals surface area contributed by atoms with Crippen molar-refractivity contribution in [2.45, 2.75) is 69.7 Å². The lowest BCUT2D eigenvalue weighted by molar-refractivity contribution is 0.0724. The van der Waals surface area contributed by atoms with E-state index in [4.69, 9.17) is 27.9 Å². The minimum atomic E-state index is -0.491. The van der Waals surface area contributed by atoms with Crippen LogP contribution in [0.15, 0.2) is 30.6 Å². The predicted molar refractivity (Wildman–Crippen MR) is 144 cm³/mol. The van der Waals surface area contributed by atoms with Crippen molar-refractivity contribution in [1.29, 1.82) is 0 Å². The lowest BCUT2D eigenvalue weighted by Gasteiger charge is -2.29. The molecule has 3 aromatic heterocycles. The molecule has 1 unspecified atom stereocenters. The number of carbonyl (C=O) groups is 2. The van der Waals surface area contributed by atoms with Gasteiger partial charge >= 0.3 is 6.09 Å². The monoisotopic (exact) mass is 536 g/mol. The Balaban J connectivity index is 1.29. The van der Waals surface area contributed by atoms with Crippen LogP contribution in [0.5, 0.6) is 0 Å². The first-order valence-corrected chi connectivity index (χ1v) is 13.0. The minimum Gasteiger partial charge on any atom is -0.446 e. The molecule has 0 radical (unpaired) electrons. The van der Waals surface area contributed by atoms with Gasteiger partial charge in [-0.25, -0.2) is 19.3 Å². The van der Waals surface area contributed by atoms with Gasteiger partial charge in [0.2, 0.25) is 0 Å². The van der Waals surface area contributed by atoms with Gasteiger partial charge in [-0.1, -0.05) is 17.5 Å². The molecule has 0 bridgehead atoms. The van der Waals surface area contributed by atoms with Crippen molar-refractivity contribution in [2.75, 3.05) is 16.0 Å². The number of rotatable bonds is 8.